The van der Waals surface area contributed by atoms with Crippen LogP contribution in [0.3, 0.4) is 0 Å². The second kappa shape index (κ2) is 8.43. The third-order valence-electron chi connectivity index (χ3n) is 4.64. The molecule has 0 saturated heterocycles. The van der Waals surface area contributed by atoms with E-state index in [0.717, 1.165) is 40.3 Å². The Labute approximate surface area is 176 Å². The zero-order valence-corrected chi connectivity index (χ0v) is 17.7. The van der Waals surface area contributed by atoms with Crippen LogP contribution in [0, 0.1) is 13.8 Å². The van der Waals surface area contributed by atoms with Gasteiger partial charge in [-0.3, -0.25) is 9.78 Å². The highest BCUT2D eigenvalue weighted by molar-refractivity contribution is 7.13. The second-order valence-electron chi connectivity index (χ2n) is 6.82. The maximum atomic E-state index is 12.9. The van der Waals surface area contributed by atoms with Crippen molar-refractivity contribution in [2.45, 2.75) is 26.6 Å². The molecule has 9 heteroatoms. The summed E-state index contributed by atoms with van der Waals surface area (Å²) in [6, 6.07) is 4.90. The number of carbonyl (C=O) groups is 1. The van der Waals surface area contributed by atoms with Crippen molar-refractivity contribution in [2.75, 3.05) is 14.2 Å². The monoisotopic (exact) mass is 435 g/mol. The smallest absolute Gasteiger partial charge is 0.416 e. The summed E-state index contributed by atoms with van der Waals surface area (Å²) in [4.78, 5) is 22.9. The Morgan fingerprint density at radius 3 is 2.67 bits per heavy atom. The summed E-state index contributed by atoms with van der Waals surface area (Å²) in [5.74, 6) is 0.381. The quantitative estimate of drug-likeness (QED) is 0.558. The number of nitrogens with zero attached hydrogens (tertiary/aromatic N) is 3. The zero-order valence-electron chi connectivity index (χ0n) is 16.9. The number of pyridine rings is 1. The Kier molecular flexibility index (Phi) is 6.12. The van der Waals surface area contributed by atoms with Crippen molar-refractivity contribution in [3.05, 3.63) is 63.9 Å². The summed E-state index contributed by atoms with van der Waals surface area (Å²) < 4.78 is 44.2. The number of hydrogen-bond acceptors (Lipinski definition) is 5. The lowest BCUT2D eigenvalue weighted by Crippen LogP contribution is -2.27. The first kappa shape index (κ1) is 21.8. The Morgan fingerprint density at radius 1 is 1.27 bits per heavy atom. The number of ether oxygens (including phenoxy) is 1. The molecule has 158 valence electrons. The zero-order chi connectivity index (χ0) is 22.1. The molecule has 0 N–H and O–H groups in total. The summed E-state index contributed by atoms with van der Waals surface area (Å²) in [7, 11) is 3.21. The molecule has 2 heterocycles. The van der Waals surface area contributed by atoms with Crippen LogP contribution in [0.25, 0.3) is 10.6 Å². The lowest BCUT2D eigenvalue weighted by molar-refractivity contribution is -0.137. The molecule has 0 unspecified atom stereocenters. The van der Waals surface area contributed by atoms with E-state index in [1.165, 1.54) is 17.0 Å². The van der Waals surface area contributed by atoms with Gasteiger partial charge in [0, 0.05) is 35.3 Å². The molecular weight excluding hydrogens is 415 g/mol. The van der Waals surface area contributed by atoms with Crippen molar-refractivity contribution < 1.29 is 22.7 Å². The molecule has 1 amide bonds. The highest BCUT2D eigenvalue weighted by atomic mass is 32.1. The number of aryl methyl sites for hydroxylation is 1. The minimum atomic E-state index is -4.44. The van der Waals surface area contributed by atoms with Crippen molar-refractivity contribution in [1.29, 1.82) is 0 Å². The normalized spacial score (nSPS) is 11.4. The Bertz CT molecular complexity index is 1080. The van der Waals surface area contributed by atoms with Crippen LogP contribution in [0.4, 0.5) is 13.2 Å². The summed E-state index contributed by atoms with van der Waals surface area (Å²) in [6.45, 7) is 4.01. The fraction of sp³-hybridized carbons (Fsp3) is 0.286. The van der Waals surface area contributed by atoms with E-state index in [1.807, 2.05) is 13.8 Å². The highest BCUT2D eigenvalue weighted by Gasteiger charge is 2.30. The number of aromatic nitrogens is 2. The van der Waals surface area contributed by atoms with Gasteiger partial charge in [-0.1, -0.05) is 12.1 Å². The molecule has 0 bridgehead atoms. The molecule has 0 aliphatic heterocycles. The molecule has 0 fully saturated rings. The van der Waals surface area contributed by atoms with E-state index in [0.29, 0.717) is 16.3 Å². The maximum Gasteiger partial charge on any atom is 0.416 e. The third-order valence-corrected chi connectivity index (χ3v) is 5.53. The number of carbonyl (C=O) groups excluding carboxylic acids is 1. The van der Waals surface area contributed by atoms with Gasteiger partial charge in [-0.15, -0.1) is 11.3 Å². The molecule has 0 saturated carbocycles. The van der Waals surface area contributed by atoms with Crippen LogP contribution in [0.2, 0.25) is 0 Å². The van der Waals surface area contributed by atoms with Crippen molar-refractivity contribution in [2.24, 2.45) is 0 Å². The van der Waals surface area contributed by atoms with Gasteiger partial charge in [-0.05, 0) is 26.0 Å². The number of rotatable bonds is 5. The number of amides is 1. The topological polar surface area (TPSA) is 55.3 Å². The summed E-state index contributed by atoms with van der Waals surface area (Å²) in [5, 5.41) is 1.90. The van der Waals surface area contributed by atoms with E-state index in [4.69, 9.17) is 4.74 Å². The van der Waals surface area contributed by atoms with E-state index in [1.54, 1.807) is 25.7 Å². The van der Waals surface area contributed by atoms with Crippen molar-refractivity contribution in [3.8, 4) is 16.3 Å². The lowest BCUT2D eigenvalue weighted by Gasteiger charge is -2.18. The van der Waals surface area contributed by atoms with Gasteiger partial charge in [-0.2, -0.15) is 13.2 Å². The molecular formula is C21H20F3N3O2S. The van der Waals surface area contributed by atoms with E-state index in [-0.39, 0.29) is 18.1 Å². The van der Waals surface area contributed by atoms with Gasteiger partial charge >= 0.3 is 6.18 Å². The molecule has 0 atom stereocenters. The average Bonchev–Trinajstić information content (AvgIpc) is 3.19. The Hall–Kier alpha value is -2.94. The van der Waals surface area contributed by atoms with Crippen molar-refractivity contribution >= 4 is 17.2 Å². The van der Waals surface area contributed by atoms with E-state index in [9.17, 15) is 18.0 Å². The average molecular weight is 435 g/mol. The van der Waals surface area contributed by atoms with E-state index < -0.39 is 11.7 Å². The van der Waals surface area contributed by atoms with Crippen molar-refractivity contribution in [1.82, 2.24) is 14.9 Å². The highest BCUT2D eigenvalue weighted by Crippen LogP contribution is 2.33. The van der Waals surface area contributed by atoms with Gasteiger partial charge < -0.3 is 9.64 Å². The predicted molar refractivity (Wildman–Crippen MR) is 109 cm³/mol. The Morgan fingerprint density at radius 2 is 2.00 bits per heavy atom. The van der Waals surface area contributed by atoms with Crippen LogP contribution in [0.1, 0.15) is 32.9 Å². The SMILES string of the molecule is COc1c(C)cnc(CN(C)C(=O)c2csc(-c3cccc(C(F)(F)F)c3)n2)c1C. The van der Waals surface area contributed by atoms with E-state index >= 15 is 0 Å². The minimum Gasteiger partial charge on any atom is -0.496 e. The van der Waals surface area contributed by atoms with Crippen LogP contribution in [-0.2, 0) is 12.7 Å². The van der Waals surface area contributed by atoms with Crippen LogP contribution in [-0.4, -0.2) is 34.9 Å². The number of methoxy groups -OCH3 is 1. The molecule has 0 aliphatic rings. The van der Waals surface area contributed by atoms with Crippen molar-refractivity contribution in [3.63, 3.8) is 0 Å². The predicted octanol–water partition coefficient (Wildman–Crippen LogP) is 5.12. The standard InChI is InChI=1S/C21H20F3N3O2S/c1-12-9-25-16(13(2)18(12)29-4)10-27(3)20(28)17-11-30-19(26-17)14-6-5-7-15(8-14)21(22,23)24/h5-9,11H,10H2,1-4H3. The van der Waals surface area contributed by atoms with Gasteiger partial charge in [0.2, 0.25) is 0 Å². The summed E-state index contributed by atoms with van der Waals surface area (Å²) in [5.41, 5.74) is 2.18. The molecule has 3 rings (SSSR count). The molecule has 30 heavy (non-hydrogen) atoms. The van der Waals surface area contributed by atoms with Crippen LogP contribution < -0.4 is 4.74 Å². The van der Waals surface area contributed by atoms with Crippen LogP contribution in [0.5, 0.6) is 5.75 Å². The first-order valence-corrected chi connectivity index (χ1v) is 9.87. The third kappa shape index (κ3) is 4.46. The number of alkyl halides is 3. The first-order valence-electron chi connectivity index (χ1n) is 8.99. The molecule has 5 nitrogen and oxygen atoms in total. The van der Waals surface area contributed by atoms with Gasteiger partial charge in [0.05, 0.1) is 24.9 Å². The van der Waals surface area contributed by atoms with Gasteiger partial charge in [0.25, 0.3) is 5.91 Å². The van der Waals surface area contributed by atoms with Gasteiger partial charge in [-0.25, -0.2) is 4.98 Å². The number of halogens is 3. The van der Waals surface area contributed by atoms with Gasteiger partial charge in [0.15, 0.2) is 0 Å². The molecule has 2 aromatic heterocycles. The fourth-order valence-electron chi connectivity index (χ4n) is 3.06. The molecule has 0 spiro atoms. The lowest BCUT2D eigenvalue weighted by atomic mass is 10.1. The van der Waals surface area contributed by atoms with Crippen LogP contribution >= 0.6 is 11.3 Å². The number of thiazole rings is 1. The molecule has 0 aliphatic carbocycles. The first-order chi connectivity index (χ1) is 14.1. The Balaban J connectivity index is 1.80. The fourth-order valence-corrected chi connectivity index (χ4v) is 3.85. The summed E-state index contributed by atoms with van der Waals surface area (Å²) in [6.07, 6.45) is -2.75. The number of hydrogen-bond donors (Lipinski definition) is 0. The molecule has 1 aromatic carbocycles. The minimum absolute atomic E-state index is 0.173. The van der Waals surface area contributed by atoms with E-state index in [2.05, 4.69) is 9.97 Å². The molecule has 0 radical (unpaired) electrons. The maximum absolute atomic E-state index is 12.9. The van der Waals surface area contributed by atoms with Gasteiger partial charge in [0.1, 0.15) is 16.5 Å². The molecule has 3 aromatic rings. The summed E-state index contributed by atoms with van der Waals surface area (Å²) >= 11 is 1.12. The second-order valence-corrected chi connectivity index (χ2v) is 7.68. The van der Waals surface area contributed by atoms with Crippen LogP contribution in [0.15, 0.2) is 35.8 Å². The number of benzene rings is 1. The largest absolute Gasteiger partial charge is 0.496 e.